The van der Waals surface area contributed by atoms with Crippen LogP contribution in [-0.2, 0) is 11.8 Å². The number of carbonyl (C=O) groups excluding carboxylic acids is 1. The van der Waals surface area contributed by atoms with Crippen LogP contribution in [0.25, 0.3) is 0 Å². The Hall–Kier alpha value is -2.08. The van der Waals surface area contributed by atoms with Crippen LogP contribution < -0.4 is 10.6 Å². The normalized spacial score (nSPS) is 15.9. The standard InChI is InChI=1S/C15H20N4O2/c1-19-9-8-17-14(19)13(12-3-2-10-21-12)16-6-7-18-15(20)11-4-5-11/h2-3,8-11,13,16H,4-7H2,1H3,(H,18,20). The summed E-state index contributed by atoms with van der Waals surface area (Å²) in [6.07, 6.45) is 7.38. The van der Waals surface area contributed by atoms with Crippen molar-refractivity contribution in [1.82, 2.24) is 20.2 Å². The average Bonchev–Trinajstić information content (AvgIpc) is 3.03. The lowest BCUT2D eigenvalue weighted by Gasteiger charge is -2.16. The monoisotopic (exact) mass is 288 g/mol. The molecule has 0 bridgehead atoms. The van der Waals surface area contributed by atoms with E-state index in [9.17, 15) is 4.79 Å². The van der Waals surface area contributed by atoms with Gasteiger partial charge in [0, 0.05) is 38.4 Å². The minimum absolute atomic E-state index is 0.113. The lowest BCUT2D eigenvalue weighted by molar-refractivity contribution is -0.122. The van der Waals surface area contributed by atoms with Crippen LogP contribution in [-0.4, -0.2) is 28.5 Å². The Morgan fingerprint density at radius 3 is 3.00 bits per heavy atom. The van der Waals surface area contributed by atoms with Crippen LogP contribution >= 0.6 is 0 Å². The highest BCUT2D eigenvalue weighted by Crippen LogP contribution is 2.28. The second-order valence-corrected chi connectivity index (χ2v) is 5.36. The Morgan fingerprint density at radius 1 is 1.52 bits per heavy atom. The number of furan rings is 1. The topological polar surface area (TPSA) is 72.1 Å². The van der Waals surface area contributed by atoms with E-state index in [1.54, 1.807) is 12.5 Å². The summed E-state index contributed by atoms with van der Waals surface area (Å²) >= 11 is 0. The molecule has 112 valence electrons. The molecule has 1 aliphatic carbocycles. The highest BCUT2D eigenvalue weighted by Gasteiger charge is 2.29. The van der Waals surface area contributed by atoms with Crippen molar-refractivity contribution in [3.05, 3.63) is 42.4 Å². The van der Waals surface area contributed by atoms with Crippen molar-refractivity contribution in [3.63, 3.8) is 0 Å². The molecule has 0 radical (unpaired) electrons. The third kappa shape index (κ3) is 3.33. The van der Waals surface area contributed by atoms with Gasteiger partial charge in [-0.25, -0.2) is 4.98 Å². The number of aryl methyl sites for hydroxylation is 1. The highest BCUT2D eigenvalue weighted by molar-refractivity contribution is 5.80. The van der Waals surface area contributed by atoms with Crippen molar-refractivity contribution in [2.75, 3.05) is 13.1 Å². The number of carbonyl (C=O) groups is 1. The van der Waals surface area contributed by atoms with Crippen molar-refractivity contribution in [1.29, 1.82) is 0 Å². The fourth-order valence-electron chi connectivity index (χ4n) is 2.32. The van der Waals surface area contributed by atoms with E-state index in [1.807, 2.05) is 29.9 Å². The number of nitrogens with one attached hydrogen (secondary N) is 2. The molecule has 2 aromatic rings. The smallest absolute Gasteiger partial charge is 0.223 e. The summed E-state index contributed by atoms with van der Waals surface area (Å²) in [4.78, 5) is 16.0. The van der Waals surface area contributed by atoms with Crippen LogP contribution in [0.3, 0.4) is 0 Å². The van der Waals surface area contributed by atoms with Crippen molar-refractivity contribution < 1.29 is 9.21 Å². The van der Waals surface area contributed by atoms with Gasteiger partial charge in [0.05, 0.1) is 6.26 Å². The molecular weight excluding hydrogens is 268 g/mol. The lowest BCUT2D eigenvalue weighted by atomic mass is 10.2. The van der Waals surface area contributed by atoms with Gasteiger partial charge in [-0.2, -0.15) is 0 Å². The molecule has 2 heterocycles. The van der Waals surface area contributed by atoms with Gasteiger partial charge in [-0.15, -0.1) is 0 Å². The van der Waals surface area contributed by atoms with Gasteiger partial charge in [0.15, 0.2) is 0 Å². The van der Waals surface area contributed by atoms with Crippen LogP contribution in [0.1, 0.15) is 30.5 Å². The highest BCUT2D eigenvalue weighted by atomic mass is 16.3. The molecule has 6 nitrogen and oxygen atoms in total. The molecule has 2 aromatic heterocycles. The van der Waals surface area contributed by atoms with Crippen LogP contribution in [0.15, 0.2) is 35.2 Å². The lowest BCUT2D eigenvalue weighted by Crippen LogP contribution is -2.35. The van der Waals surface area contributed by atoms with E-state index in [1.165, 1.54) is 0 Å². The molecule has 0 aliphatic heterocycles. The van der Waals surface area contributed by atoms with Gasteiger partial charge in [0.25, 0.3) is 0 Å². The number of amides is 1. The zero-order chi connectivity index (χ0) is 14.7. The molecule has 1 saturated carbocycles. The molecule has 1 unspecified atom stereocenters. The minimum atomic E-state index is -0.113. The van der Waals surface area contributed by atoms with Crippen LogP contribution in [0.4, 0.5) is 0 Å². The maximum absolute atomic E-state index is 11.6. The van der Waals surface area contributed by atoms with Gasteiger partial charge in [-0.1, -0.05) is 0 Å². The van der Waals surface area contributed by atoms with Crippen molar-refractivity contribution in [3.8, 4) is 0 Å². The van der Waals surface area contributed by atoms with Gasteiger partial charge in [-0.05, 0) is 25.0 Å². The van der Waals surface area contributed by atoms with Gasteiger partial charge in [0.2, 0.25) is 5.91 Å². The van der Waals surface area contributed by atoms with Crippen molar-refractivity contribution in [2.24, 2.45) is 13.0 Å². The fraction of sp³-hybridized carbons (Fsp3) is 0.467. The first kappa shape index (κ1) is 13.9. The Bertz CT molecular complexity index is 587. The van der Waals surface area contributed by atoms with Crippen LogP contribution in [0.5, 0.6) is 0 Å². The molecule has 6 heteroatoms. The molecule has 21 heavy (non-hydrogen) atoms. The van der Waals surface area contributed by atoms with Gasteiger partial charge >= 0.3 is 0 Å². The molecule has 2 N–H and O–H groups in total. The zero-order valence-corrected chi connectivity index (χ0v) is 12.1. The molecule has 3 rings (SSSR count). The summed E-state index contributed by atoms with van der Waals surface area (Å²) in [6, 6.07) is 3.68. The predicted octanol–water partition coefficient (Wildman–Crippen LogP) is 1.22. The summed E-state index contributed by atoms with van der Waals surface area (Å²) in [5.41, 5.74) is 0. The van der Waals surface area contributed by atoms with E-state index >= 15 is 0 Å². The minimum Gasteiger partial charge on any atom is -0.467 e. The van der Waals surface area contributed by atoms with E-state index < -0.39 is 0 Å². The predicted molar refractivity (Wildman–Crippen MR) is 77.5 cm³/mol. The Balaban J connectivity index is 1.58. The van der Waals surface area contributed by atoms with Crippen LogP contribution in [0.2, 0.25) is 0 Å². The third-order valence-corrected chi connectivity index (χ3v) is 3.67. The van der Waals surface area contributed by atoms with E-state index in [2.05, 4.69) is 15.6 Å². The first-order chi connectivity index (χ1) is 10.3. The fourth-order valence-corrected chi connectivity index (χ4v) is 2.32. The molecular formula is C15H20N4O2. The molecule has 1 atom stereocenters. The molecule has 1 aliphatic rings. The summed E-state index contributed by atoms with van der Waals surface area (Å²) in [5.74, 6) is 2.13. The third-order valence-electron chi connectivity index (χ3n) is 3.67. The first-order valence-electron chi connectivity index (χ1n) is 7.27. The number of hydrogen-bond donors (Lipinski definition) is 2. The number of aromatic nitrogens is 2. The summed E-state index contributed by atoms with van der Waals surface area (Å²) < 4.78 is 7.46. The zero-order valence-electron chi connectivity index (χ0n) is 12.1. The average molecular weight is 288 g/mol. The maximum Gasteiger partial charge on any atom is 0.223 e. The number of nitrogens with zero attached hydrogens (tertiary/aromatic N) is 2. The van der Waals surface area contributed by atoms with Crippen molar-refractivity contribution >= 4 is 5.91 Å². The van der Waals surface area contributed by atoms with Gasteiger partial charge in [0.1, 0.15) is 17.6 Å². The molecule has 0 spiro atoms. The Labute approximate surface area is 123 Å². The number of imidazole rings is 1. The molecule has 1 amide bonds. The molecule has 0 saturated heterocycles. The van der Waals surface area contributed by atoms with Gasteiger partial charge in [-0.3, -0.25) is 10.1 Å². The summed E-state index contributed by atoms with van der Waals surface area (Å²) in [6.45, 7) is 1.27. The Kier molecular flexibility index (Phi) is 4.06. The summed E-state index contributed by atoms with van der Waals surface area (Å²) in [5, 5.41) is 6.33. The second-order valence-electron chi connectivity index (χ2n) is 5.36. The largest absolute Gasteiger partial charge is 0.467 e. The molecule has 0 aromatic carbocycles. The van der Waals surface area contributed by atoms with E-state index in [0.29, 0.717) is 13.1 Å². The number of rotatable bonds is 7. The maximum atomic E-state index is 11.6. The SMILES string of the molecule is Cn1ccnc1C(NCCNC(=O)C1CC1)c1ccco1. The first-order valence-corrected chi connectivity index (χ1v) is 7.27. The van der Waals surface area contributed by atoms with Crippen molar-refractivity contribution in [2.45, 2.75) is 18.9 Å². The van der Waals surface area contributed by atoms with E-state index in [0.717, 1.165) is 24.4 Å². The Morgan fingerprint density at radius 2 is 2.38 bits per heavy atom. The molecule has 1 fully saturated rings. The van der Waals surface area contributed by atoms with Gasteiger partial charge < -0.3 is 14.3 Å². The quantitative estimate of drug-likeness (QED) is 0.751. The van der Waals surface area contributed by atoms with E-state index in [-0.39, 0.29) is 17.9 Å². The number of hydrogen-bond acceptors (Lipinski definition) is 4. The van der Waals surface area contributed by atoms with E-state index in [4.69, 9.17) is 4.42 Å². The second kappa shape index (κ2) is 6.13. The summed E-state index contributed by atoms with van der Waals surface area (Å²) in [7, 11) is 1.95. The van der Waals surface area contributed by atoms with Crippen LogP contribution in [0, 0.1) is 5.92 Å².